The summed E-state index contributed by atoms with van der Waals surface area (Å²) in [5, 5.41) is 8.73. The molecule has 0 fully saturated rings. The molecule has 0 spiro atoms. The molecule has 0 radical (unpaired) electrons. The number of carboxylic acid groups (broad SMARTS) is 1. The van der Waals surface area contributed by atoms with E-state index in [4.69, 9.17) is 28.2 Å². The van der Waals surface area contributed by atoms with Gasteiger partial charge in [0, 0.05) is 26.4 Å². The largest absolute Gasteiger partial charge is 0.481 e. The molecule has 0 aromatic rings. The van der Waals surface area contributed by atoms with Crippen LogP contribution in [-0.2, 0) is 42.0 Å². The second-order valence-electron chi connectivity index (χ2n) is 13.2. The van der Waals surface area contributed by atoms with E-state index in [0.29, 0.717) is 23.9 Å². The summed E-state index contributed by atoms with van der Waals surface area (Å²) in [6.45, 7) is 2.41. The van der Waals surface area contributed by atoms with Crippen LogP contribution in [0.3, 0.4) is 0 Å². The van der Waals surface area contributed by atoms with Crippen molar-refractivity contribution in [3.8, 4) is 0 Å². The van der Waals surface area contributed by atoms with E-state index in [2.05, 4.69) is 6.92 Å². The first-order chi connectivity index (χ1) is 21.9. The standard InChI is InChI=1S/C34H66NO10P/c1-6-7-8-9-10-11-12-13-14-15-16-19-22-25-33(38)42-29-31(30-44-46(40,41-5)43-28-27-35(2,3)4)45-34(39)26-23-20-17-18-21-24-32(36)37/h31H,6-30H2,1-5H3/p+1/t31-,46?/m1/s1. The number of quaternary nitrogens is 1. The Labute approximate surface area is 279 Å². The van der Waals surface area contributed by atoms with Gasteiger partial charge in [-0.05, 0) is 19.3 Å². The van der Waals surface area contributed by atoms with E-state index in [-0.39, 0.29) is 45.1 Å². The first kappa shape index (κ1) is 44.5. The highest BCUT2D eigenvalue weighted by Gasteiger charge is 2.29. The minimum absolute atomic E-state index is 0.139. The van der Waals surface area contributed by atoms with Gasteiger partial charge in [-0.3, -0.25) is 28.0 Å². The molecule has 0 aliphatic heterocycles. The molecule has 0 heterocycles. The van der Waals surface area contributed by atoms with Crippen LogP contribution in [0.1, 0.15) is 142 Å². The number of unbranched alkanes of at least 4 members (excludes halogenated alkanes) is 16. The molecule has 0 amide bonds. The van der Waals surface area contributed by atoms with E-state index in [1.165, 1.54) is 71.3 Å². The van der Waals surface area contributed by atoms with Gasteiger partial charge in [-0.2, -0.15) is 0 Å². The van der Waals surface area contributed by atoms with Crippen molar-refractivity contribution in [3.63, 3.8) is 0 Å². The summed E-state index contributed by atoms with van der Waals surface area (Å²) >= 11 is 0. The molecule has 0 aliphatic rings. The maximum atomic E-state index is 12.9. The van der Waals surface area contributed by atoms with E-state index in [0.717, 1.165) is 38.5 Å². The number of aliphatic carboxylic acids is 1. The van der Waals surface area contributed by atoms with Crippen molar-refractivity contribution in [2.75, 3.05) is 54.6 Å². The number of carbonyl (C=O) groups excluding carboxylic acids is 2. The van der Waals surface area contributed by atoms with Crippen molar-refractivity contribution in [2.45, 2.75) is 148 Å². The number of carbonyl (C=O) groups is 3. The fourth-order valence-electron chi connectivity index (χ4n) is 4.73. The minimum Gasteiger partial charge on any atom is -0.481 e. The van der Waals surface area contributed by atoms with Crippen molar-refractivity contribution in [3.05, 3.63) is 0 Å². The van der Waals surface area contributed by atoms with Gasteiger partial charge in [-0.15, -0.1) is 0 Å². The molecular weight excluding hydrogens is 613 g/mol. The Bertz CT molecular complexity index is 833. The summed E-state index contributed by atoms with van der Waals surface area (Å²) in [4.78, 5) is 35.6. The number of likely N-dealkylation sites (N-methyl/N-ethyl adjacent to an activating group) is 1. The lowest BCUT2D eigenvalue weighted by atomic mass is 10.0. The van der Waals surface area contributed by atoms with Gasteiger partial charge in [0.15, 0.2) is 6.10 Å². The highest BCUT2D eigenvalue weighted by atomic mass is 31.2. The number of carboxylic acids is 1. The highest BCUT2D eigenvalue weighted by Crippen LogP contribution is 2.48. The molecule has 0 rings (SSSR count). The molecule has 1 N–H and O–H groups in total. The zero-order valence-electron chi connectivity index (χ0n) is 29.8. The predicted octanol–water partition coefficient (Wildman–Crippen LogP) is 8.23. The Morgan fingerprint density at radius 3 is 1.57 bits per heavy atom. The Balaban J connectivity index is 4.53. The quantitative estimate of drug-likeness (QED) is 0.0313. The smallest absolute Gasteiger partial charge is 0.474 e. The molecule has 0 aromatic heterocycles. The Morgan fingerprint density at radius 2 is 1.11 bits per heavy atom. The molecule has 0 saturated carbocycles. The van der Waals surface area contributed by atoms with E-state index in [1.54, 1.807) is 0 Å². The topological polar surface area (TPSA) is 135 Å². The Hall–Kier alpha value is -1.52. The first-order valence-electron chi connectivity index (χ1n) is 17.7. The third kappa shape index (κ3) is 29.9. The molecule has 11 nitrogen and oxygen atoms in total. The van der Waals surface area contributed by atoms with Crippen LogP contribution >= 0.6 is 7.82 Å². The summed E-state index contributed by atoms with van der Waals surface area (Å²) in [5.74, 6) is -1.66. The highest BCUT2D eigenvalue weighted by molar-refractivity contribution is 7.48. The molecule has 0 bridgehead atoms. The van der Waals surface area contributed by atoms with Crippen LogP contribution in [0.15, 0.2) is 0 Å². The maximum Gasteiger partial charge on any atom is 0.474 e. The van der Waals surface area contributed by atoms with Crippen LogP contribution in [0.2, 0.25) is 0 Å². The van der Waals surface area contributed by atoms with E-state index >= 15 is 0 Å². The Kier molecular flexibility index (Phi) is 27.5. The van der Waals surface area contributed by atoms with Crippen LogP contribution in [0, 0.1) is 0 Å². The lowest BCUT2D eigenvalue weighted by molar-refractivity contribution is -0.870. The number of hydrogen-bond donors (Lipinski definition) is 1. The van der Waals surface area contributed by atoms with Crippen molar-refractivity contribution >= 4 is 25.7 Å². The van der Waals surface area contributed by atoms with Crippen molar-refractivity contribution < 1.29 is 51.6 Å². The van der Waals surface area contributed by atoms with Crippen LogP contribution in [0.25, 0.3) is 0 Å². The average Bonchev–Trinajstić information content (AvgIpc) is 2.99. The number of phosphoric ester groups is 1. The number of hydrogen-bond acceptors (Lipinski definition) is 9. The van der Waals surface area contributed by atoms with Gasteiger partial charge in [0.2, 0.25) is 0 Å². The van der Waals surface area contributed by atoms with E-state index in [1.807, 2.05) is 21.1 Å². The lowest BCUT2D eigenvalue weighted by Crippen LogP contribution is -2.37. The van der Waals surface area contributed by atoms with Gasteiger partial charge in [-0.25, -0.2) is 4.57 Å². The van der Waals surface area contributed by atoms with Gasteiger partial charge in [0.25, 0.3) is 0 Å². The van der Waals surface area contributed by atoms with Crippen LogP contribution in [0.4, 0.5) is 0 Å². The minimum atomic E-state index is -3.90. The number of rotatable bonds is 33. The van der Waals surface area contributed by atoms with E-state index in [9.17, 15) is 18.9 Å². The summed E-state index contributed by atoms with van der Waals surface area (Å²) in [5.41, 5.74) is 0. The van der Waals surface area contributed by atoms with Gasteiger partial charge in [-0.1, -0.05) is 103 Å². The van der Waals surface area contributed by atoms with Gasteiger partial charge < -0.3 is 19.1 Å². The molecular formula is C34H67NO10P+. The van der Waals surface area contributed by atoms with Crippen LogP contribution in [-0.4, -0.2) is 88.2 Å². The second-order valence-corrected chi connectivity index (χ2v) is 15.0. The maximum absolute atomic E-state index is 12.9. The second kappa shape index (κ2) is 28.5. The zero-order valence-corrected chi connectivity index (χ0v) is 30.7. The fourth-order valence-corrected chi connectivity index (χ4v) is 5.67. The first-order valence-corrected chi connectivity index (χ1v) is 19.2. The lowest BCUT2D eigenvalue weighted by Gasteiger charge is -2.25. The summed E-state index contributed by atoms with van der Waals surface area (Å²) in [6.07, 6.45) is 19.0. The fraction of sp³-hybridized carbons (Fsp3) is 0.912. The normalized spacial score (nSPS) is 13.7. The summed E-state index contributed by atoms with van der Waals surface area (Å²) < 4.78 is 40.3. The molecule has 272 valence electrons. The van der Waals surface area contributed by atoms with Gasteiger partial charge >= 0.3 is 25.7 Å². The number of ether oxygens (including phenoxy) is 2. The zero-order chi connectivity index (χ0) is 34.5. The van der Waals surface area contributed by atoms with Crippen molar-refractivity contribution in [1.82, 2.24) is 0 Å². The molecule has 0 aliphatic carbocycles. The monoisotopic (exact) mass is 680 g/mol. The summed E-state index contributed by atoms with van der Waals surface area (Å²) in [6, 6.07) is 0. The van der Waals surface area contributed by atoms with Crippen LogP contribution in [0.5, 0.6) is 0 Å². The van der Waals surface area contributed by atoms with Gasteiger partial charge in [0.1, 0.15) is 19.8 Å². The molecule has 46 heavy (non-hydrogen) atoms. The SMILES string of the molecule is CCCCCCCCCCCCCCCC(=O)OC[C@H](COP(=O)(OC)OCC[N+](C)(C)C)OC(=O)CCCCCCCC(=O)O. The molecule has 0 saturated heterocycles. The number of esters is 2. The molecule has 0 aromatic carbocycles. The number of nitrogens with zero attached hydrogens (tertiary/aromatic N) is 1. The third-order valence-electron chi connectivity index (χ3n) is 7.64. The third-order valence-corrected chi connectivity index (χ3v) is 9.05. The number of phosphoric acid groups is 1. The predicted molar refractivity (Wildman–Crippen MR) is 181 cm³/mol. The van der Waals surface area contributed by atoms with Crippen LogP contribution < -0.4 is 0 Å². The summed E-state index contributed by atoms with van der Waals surface area (Å²) in [7, 11) is 3.24. The van der Waals surface area contributed by atoms with Crippen molar-refractivity contribution in [1.29, 1.82) is 0 Å². The van der Waals surface area contributed by atoms with Gasteiger partial charge in [0.05, 0.1) is 27.7 Å². The van der Waals surface area contributed by atoms with E-state index < -0.39 is 25.9 Å². The molecule has 12 heteroatoms. The average molecular weight is 681 g/mol. The molecule has 1 unspecified atom stereocenters. The van der Waals surface area contributed by atoms with Crippen molar-refractivity contribution in [2.24, 2.45) is 0 Å². The molecule has 2 atom stereocenters. The Morgan fingerprint density at radius 1 is 0.652 bits per heavy atom.